The summed E-state index contributed by atoms with van der Waals surface area (Å²) in [5.74, 6) is -1.18. The van der Waals surface area contributed by atoms with Crippen molar-refractivity contribution < 1.29 is 19.1 Å². The van der Waals surface area contributed by atoms with E-state index in [0.717, 1.165) is 36.0 Å². The normalized spacial score (nSPS) is 14.4. The minimum absolute atomic E-state index is 0.0617. The molecule has 0 saturated carbocycles. The van der Waals surface area contributed by atoms with Crippen LogP contribution in [-0.2, 0) is 29.0 Å². The van der Waals surface area contributed by atoms with Crippen molar-refractivity contribution >= 4 is 16.9 Å². The second-order valence-corrected chi connectivity index (χ2v) is 8.77. The molecule has 2 aromatic carbocycles. The third kappa shape index (κ3) is 4.68. The number of esters is 1. The SMILES string of the molecule is COC(=O)C[C@H](c1oc(CN2CCc3ccccc3C2)cc(=O)c1O)c1ccnc2ccccc12. The second kappa shape index (κ2) is 9.72. The molecule has 2 aromatic heterocycles. The van der Waals surface area contributed by atoms with Crippen LogP contribution in [0.3, 0.4) is 0 Å². The van der Waals surface area contributed by atoms with Gasteiger partial charge in [-0.1, -0.05) is 42.5 Å². The van der Waals surface area contributed by atoms with Crippen molar-refractivity contribution in [1.82, 2.24) is 9.88 Å². The largest absolute Gasteiger partial charge is 0.502 e. The topological polar surface area (TPSA) is 92.9 Å². The Kier molecular flexibility index (Phi) is 6.33. The smallest absolute Gasteiger partial charge is 0.306 e. The van der Waals surface area contributed by atoms with Gasteiger partial charge in [-0.3, -0.25) is 19.5 Å². The van der Waals surface area contributed by atoms with Crippen molar-refractivity contribution in [2.24, 2.45) is 0 Å². The van der Waals surface area contributed by atoms with E-state index in [4.69, 9.17) is 9.15 Å². The number of hydrogen-bond donors (Lipinski definition) is 1. The number of aromatic nitrogens is 1. The summed E-state index contributed by atoms with van der Waals surface area (Å²) in [5, 5.41) is 11.6. The molecule has 7 heteroatoms. The first-order chi connectivity index (χ1) is 17.0. The highest BCUT2D eigenvalue weighted by Gasteiger charge is 2.28. The van der Waals surface area contributed by atoms with E-state index in [1.54, 1.807) is 12.3 Å². The van der Waals surface area contributed by atoms with Gasteiger partial charge in [0.1, 0.15) is 5.76 Å². The fourth-order valence-electron chi connectivity index (χ4n) is 4.79. The van der Waals surface area contributed by atoms with Gasteiger partial charge in [-0.15, -0.1) is 0 Å². The van der Waals surface area contributed by atoms with Gasteiger partial charge in [-0.25, -0.2) is 0 Å². The first-order valence-corrected chi connectivity index (χ1v) is 11.6. The minimum Gasteiger partial charge on any atom is -0.502 e. The summed E-state index contributed by atoms with van der Waals surface area (Å²) in [6, 6.07) is 19.0. The van der Waals surface area contributed by atoms with E-state index in [-0.39, 0.29) is 12.2 Å². The van der Waals surface area contributed by atoms with E-state index in [1.165, 1.54) is 24.3 Å². The summed E-state index contributed by atoms with van der Waals surface area (Å²) >= 11 is 0. The molecule has 35 heavy (non-hydrogen) atoms. The summed E-state index contributed by atoms with van der Waals surface area (Å²) in [4.78, 5) is 31.8. The number of methoxy groups -OCH3 is 1. The Morgan fingerprint density at radius 1 is 1.14 bits per heavy atom. The molecule has 4 aromatic rings. The first kappa shape index (κ1) is 22.8. The zero-order chi connectivity index (χ0) is 24.4. The predicted molar refractivity (Wildman–Crippen MR) is 131 cm³/mol. The van der Waals surface area contributed by atoms with E-state index in [9.17, 15) is 14.7 Å². The van der Waals surface area contributed by atoms with Crippen LogP contribution in [-0.4, -0.2) is 34.6 Å². The number of benzene rings is 2. The van der Waals surface area contributed by atoms with Crippen molar-refractivity contribution in [3.05, 3.63) is 105 Å². The molecule has 1 N–H and O–H groups in total. The lowest BCUT2D eigenvalue weighted by molar-refractivity contribution is -0.140. The third-order valence-electron chi connectivity index (χ3n) is 6.56. The Morgan fingerprint density at radius 2 is 1.91 bits per heavy atom. The van der Waals surface area contributed by atoms with Crippen LogP contribution < -0.4 is 5.43 Å². The molecule has 0 saturated heterocycles. The lowest BCUT2D eigenvalue weighted by Crippen LogP contribution is -2.30. The molecule has 7 nitrogen and oxygen atoms in total. The average Bonchev–Trinajstić information content (AvgIpc) is 2.89. The molecule has 0 radical (unpaired) electrons. The monoisotopic (exact) mass is 470 g/mol. The predicted octanol–water partition coefficient (Wildman–Crippen LogP) is 4.15. The van der Waals surface area contributed by atoms with Gasteiger partial charge < -0.3 is 14.3 Å². The molecule has 0 fully saturated rings. The fourth-order valence-corrected chi connectivity index (χ4v) is 4.79. The van der Waals surface area contributed by atoms with Crippen LogP contribution in [0.25, 0.3) is 10.9 Å². The number of carbonyl (C=O) groups is 1. The van der Waals surface area contributed by atoms with Crippen molar-refractivity contribution in [2.75, 3.05) is 13.7 Å². The molecule has 178 valence electrons. The van der Waals surface area contributed by atoms with Gasteiger partial charge in [0.25, 0.3) is 0 Å². The van der Waals surface area contributed by atoms with Crippen LogP contribution in [0.5, 0.6) is 5.75 Å². The lowest BCUT2D eigenvalue weighted by Gasteiger charge is -2.28. The Labute approximate surface area is 202 Å². The summed E-state index contributed by atoms with van der Waals surface area (Å²) in [6.07, 6.45) is 2.47. The van der Waals surface area contributed by atoms with E-state index in [2.05, 4.69) is 22.0 Å². The van der Waals surface area contributed by atoms with Gasteiger partial charge in [-0.2, -0.15) is 0 Å². The van der Waals surface area contributed by atoms with Gasteiger partial charge in [-0.05, 0) is 35.2 Å². The zero-order valence-electron chi connectivity index (χ0n) is 19.4. The average molecular weight is 471 g/mol. The second-order valence-electron chi connectivity index (χ2n) is 8.77. The molecule has 0 aliphatic carbocycles. The van der Waals surface area contributed by atoms with Gasteiger partial charge in [0.2, 0.25) is 11.2 Å². The number of pyridine rings is 1. The molecule has 0 spiro atoms. The number of ether oxygens (including phenoxy) is 1. The van der Waals surface area contributed by atoms with Crippen LogP contribution in [0.2, 0.25) is 0 Å². The van der Waals surface area contributed by atoms with Crippen LogP contribution in [0.15, 0.2) is 76.1 Å². The van der Waals surface area contributed by atoms with Crippen LogP contribution in [0, 0.1) is 0 Å². The molecular weight excluding hydrogens is 444 g/mol. The molecule has 5 rings (SSSR count). The zero-order valence-corrected chi connectivity index (χ0v) is 19.4. The molecule has 1 aliphatic rings. The molecule has 0 amide bonds. The lowest BCUT2D eigenvalue weighted by atomic mass is 9.90. The maximum Gasteiger partial charge on any atom is 0.306 e. The summed E-state index contributed by atoms with van der Waals surface area (Å²) in [6.45, 7) is 1.99. The van der Waals surface area contributed by atoms with E-state index in [0.29, 0.717) is 12.3 Å². The van der Waals surface area contributed by atoms with E-state index in [1.807, 2.05) is 36.4 Å². The summed E-state index contributed by atoms with van der Waals surface area (Å²) < 4.78 is 11.1. The molecule has 0 unspecified atom stereocenters. The standard InChI is InChI=1S/C28H26N2O5/c1-34-26(32)15-23(21-10-12-29-24-9-5-4-8-22(21)24)28-27(33)25(31)14-20(35-28)17-30-13-11-18-6-2-3-7-19(18)16-30/h2-10,12,14,23,33H,11,13,15-17H2,1H3/t23-/m0/s1. The Hall–Kier alpha value is -3.97. The first-order valence-electron chi connectivity index (χ1n) is 11.6. The molecular formula is C28H26N2O5. The maximum absolute atomic E-state index is 12.8. The Morgan fingerprint density at radius 3 is 2.74 bits per heavy atom. The van der Waals surface area contributed by atoms with Crippen LogP contribution in [0.4, 0.5) is 0 Å². The molecule has 1 atom stereocenters. The van der Waals surface area contributed by atoms with Crippen molar-refractivity contribution in [3.8, 4) is 5.75 Å². The number of carbonyl (C=O) groups excluding carboxylic acids is 1. The van der Waals surface area contributed by atoms with Crippen molar-refractivity contribution in [2.45, 2.75) is 31.8 Å². The third-order valence-corrected chi connectivity index (χ3v) is 6.56. The Bertz CT molecular complexity index is 1440. The minimum atomic E-state index is -0.718. The fraction of sp³-hybridized carbons (Fsp3) is 0.250. The quantitative estimate of drug-likeness (QED) is 0.423. The number of nitrogens with zero attached hydrogens (tertiary/aromatic N) is 2. The highest BCUT2D eigenvalue weighted by molar-refractivity contribution is 5.84. The number of para-hydroxylation sites is 1. The number of aromatic hydroxyl groups is 1. The van der Waals surface area contributed by atoms with Crippen LogP contribution in [0.1, 0.15) is 40.5 Å². The van der Waals surface area contributed by atoms with Gasteiger partial charge in [0, 0.05) is 30.7 Å². The van der Waals surface area contributed by atoms with E-state index < -0.39 is 23.1 Å². The Balaban J connectivity index is 1.54. The summed E-state index contributed by atoms with van der Waals surface area (Å²) in [7, 11) is 1.31. The van der Waals surface area contributed by atoms with E-state index >= 15 is 0 Å². The van der Waals surface area contributed by atoms with Crippen LogP contribution >= 0.6 is 0 Å². The molecule has 3 heterocycles. The van der Waals surface area contributed by atoms with Crippen molar-refractivity contribution in [1.29, 1.82) is 0 Å². The van der Waals surface area contributed by atoms with Gasteiger partial charge in [0.15, 0.2) is 5.76 Å². The van der Waals surface area contributed by atoms with Gasteiger partial charge in [0.05, 0.1) is 31.5 Å². The number of hydrogen-bond acceptors (Lipinski definition) is 7. The molecule has 0 bridgehead atoms. The molecule has 1 aliphatic heterocycles. The highest BCUT2D eigenvalue weighted by Crippen LogP contribution is 2.36. The summed E-state index contributed by atoms with van der Waals surface area (Å²) in [5.41, 5.74) is 3.52. The highest BCUT2D eigenvalue weighted by atomic mass is 16.5. The maximum atomic E-state index is 12.8. The number of fused-ring (bicyclic) bond motifs is 2. The van der Waals surface area contributed by atoms with Gasteiger partial charge >= 0.3 is 5.97 Å². The van der Waals surface area contributed by atoms with Crippen molar-refractivity contribution in [3.63, 3.8) is 0 Å². The number of rotatable bonds is 6.